The Morgan fingerprint density at radius 3 is 2.45 bits per heavy atom. The summed E-state index contributed by atoms with van der Waals surface area (Å²) in [6.07, 6.45) is 0.0116. The summed E-state index contributed by atoms with van der Waals surface area (Å²) in [7, 11) is 0. The van der Waals surface area contributed by atoms with E-state index >= 15 is 0 Å². The summed E-state index contributed by atoms with van der Waals surface area (Å²) in [4.78, 5) is 30.8. The van der Waals surface area contributed by atoms with Crippen LogP contribution in [0.25, 0.3) is 0 Å². The van der Waals surface area contributed by atoms with Gasteiger partial charge in [0, 0.05) is 4.92 Å². The van der Waals surface area contributed by atoms with Crippen LogP contribution in [0, 0.1) is 16.0 Å². The van der Waals surface area contributed by atoms with Gasteiger partial charge in [-0.25, -0.2) is 4.79 Å². The lowest BCUT2D eigenvalue weighted by Crippen LogP contribution is -2.30. The zero-order chi connectivity index (χ0) is 8.22. The summed E-state index contributed by atoms with van der Waals surface area (Å²) in [6.45, 7) is 0. The van der Waals surface area contributed by atoms with E-state index in [-0.39, 0.29) is 6.42 Å². The molecule has 0 aromatic carbocycles. The molecule has 58 valence electrons. The molecule has 2 fully saturated rings. The third-order valence-electron chi connectivity index (χ3n) is 2.09. The van der Waals surface area contributed by atoms with Crippen LogP contribution in [0.3, 0.4) is 0 Å². The lowest BCUT2D eigenvalue weighted by molar-refractivity contribution is -0.525. The van der Waals surface area contributed by atoms with Crippen molar-refractivity contribution in [3.63, 3.8) is 0 Å². The van der Waals surface area contributed by atoms with Gasteiger partial charge in [-0.2, -0.15) is 0 Å². The Hall–Kier alpha value is -1.46. The van der Waals surface area contributed by atoms with Crippen molar-refractivity contribution in [1.29, 1.82) is 0 Å². The molecule has 1 aliphatic heterocycles. The van der Waals surface area contributed by atoms with E-state index in [2.05, 4.69) is 4.74 Å². The van der Waals surface area contributed by atoms with Gasteiger partial charge in [0.25, 0.3) is 0 Å². The highest BCUT2D eigenvalue weighted by atomic mass is 16.7. The van der Waals surface area contributed by atoms with Crippen molar-refractivity contribution in [1.82, 2.24) is 0 Å². The number of nitrogens with zero attached hydrogens (tertiary/aromatic N) is 1. The highest BCUT2D eigenvalue weighted by Gasteiger charge is 2.82. The van der Waals surface area contributed by atoms with Crippen LogP contribution in [0.2, 0.25) is 0 Å². The molecule has 2 atom stereocenters. The Balaban J connectivity index is 2.40. The van der Waals surface area contributed by atoms with Gasteiger partial charge in [-0.3, -0.25) is 14.9 Å². The minimum Gasteiger partial charge on any atom is -0.387 e. The Labute approximate surface area is 60.3 Å². The second kappa shape index (κ2) is 1.41. The van der Waals surface area contributed by atoms with E-state index in [4.69, 9.17) is 0 Å². The monoisotopic (exact) mass is 157 g/mol. The molecule has 1 heterocycles. The number of hydrogen-bond donors (Lipinski definition) is 0. The topological polar surface area (TPSA) is 86.5 Å². The van der Waals surface area contributed by atoms with Gasteiger partial charge in [0.05, 0.1) is 6.42 Å². The Morgan fingerprint density at radius 1 is 1.64 bits per heavy atom. The van der Waals surface area contributed by atoms with Gasteiger partial charge >= 0.3 is 17.5 Å². The van der Waals surface area contributed by atoms with E-state index in [0.29, 0.717) is 0 Å². The van der Waals surface area contributed by atoms with Crippen LogP contribution >= 0.6 is 0 Å². The van der Waals surface area contributed by atoms with Gasteiger partial charge in [-0.15, -0.1) is 0 Å². The summed E-state index contributed by atoms with van der Waals surface area (Å²) in [5.74, 6) is -2.57. The van der Waals surface area contributed by atoms with Gasteiger partial charge < -0.3 is 4.74 Å². The molecule has 0 radical (unpaired) electrons. The minimum absolute atomic E-state index is 0.0116. The molecule has 6 nitrogen and oxygen atoms in total. The maximum absolute atomic E-state index is 10.7. The van der Waals surface area contributed by atoms with Gasteiger partial charge in [-0.05, 0) is 0 Å². The molecule has 0 bridgehead atoms. The van der Waals surface area contributed by atoms with Gasteiger partial charge in [0.15, 0.2) is 0 Å². The van der Waals surface area contributed by atoms with Crippen molar-refractivity contribution >= 4 is 11.9 Å². The second-order valence-corrected chi connectivity index (χ2v) is 2.65. The Kier molecular flexibility index (Phi) is 0.804. The molecule has 0 aromatic rings. The number of carbonyl (C=O) groups is 2. The second-order valence-electron chi connectivity index (χ2n) is 2.65. The number of carbonyl (C=O) groups excluding carboxylic acids is 2. The normalized spacial score (nSPS) is 39.8. The van der Waals surface area contributed by atoms with E-state index < -0.39 is 28.3 Å². The maximum atomic E-state index is 10.7. The van der Waals surface area contributed by atoms with Crippen LogP contribution in [0.15, 0.2) is 0 Å². The lowest BCUT2D eigenvalue weighted by Gasteiger charge is -1.96. The molecule has 2 aliphatic rings. The molecule has 2 unspecified atom stereocenters. The summed E-state index contributed by atoms with van der Waals surface area (Å²) in [6, 6.07) is 0. The third kappa shape index (κ3) is 0.482. The first kappa shape index (κ1) is 6.26. The predicted octanol–water partition coefficient (Wildman–Crippen LogP) is -0.895. The largest absolute Gasteiger partial charge is 0.393 e. The highest BCUT2D eigenvalue weighted by Crippen LogP contribution is 2.52. The molecular formula is C5H3NO5. The van der Waals surface area contributed by atoms with Crippen LogP contribution in [0.4, 0.5) is 0 Å². The van der Waals surface area contributed by atoms with Crippen LogP contribution in [0.5, 0.6) is 0 Å². The summed E-state index contributed by atoms with van der Waals surface area (Å²) in [5, 5.41) is 10.3. The average Bonchev–Trinajstić information content (AvgIpc) is 2.56. The van der Waals surface area contributed by atoms with E-state index in [1.54, 1.807) is 0 Å². The SMILES string of the molecule is O=C1OC(=O)C2([N+](=O)[O-])CC12. The fourth-order valence-corrected chi connectivity index (χ4v) is 1.28. The summed E-state index contributed by atoms with van der Waals surface area (Å²) < 4.78 is 4.07. The first-order valence-corrected chi connectivity index (χ1v) is 2.99. The van der Waals surface area contributed by atoms with Crippen LogP contribution in [-0.4, -0.2) is 22.4 Å². The number of rotatable bonds is 1. The number of esters is 2. The number of nitro groups is 1. The lowest BCUT2D eigenvalue weighted by atomic mass is 10.2. The maximum Gasteiger partial charge on any atom is 0.393 e. The molecule has 1 saturated heterocycles. The highest BCUT2D eigenvalue weighted by molar-refractivity contribution is 6.05. The van der Waals surface area contributed by atoms with E-state index in [1.165, 1.54) is 0 Å². The summed E-state index contributed by atoms with van der Waals surface area (Å²) in [5.41, 5.74) is -1.70. The van der Waals surface area contributed by atoms with Crippen molar-refractivity contribution in [3.8, 4) is 0 Å². The first-order valence-electron chi connectivity index (χ1n) is 2.99. The molecule has 6 heteroatoms. The zero-order valence-corrected chi connectivity index (χ0v) is 5.27. The number of fused-ring (bicyclic) bond motifs is 1. The minimum atomic E-state index is -1.70. The van der Waals surface area contributed by atoms with E-state index in [1.807, 2.05) is 0 Å². The fourth-order valence-electron chi connectivity index (χ4n) is 1.28. The molecule has 0 N–H and O–H groups in total. The quantitative estimate of drug-likeness (QED) is 0.213. The van der Waals surface area contributed by atoms with Crippen molar-refractivity contribution < 1.29 is 19.2 Å². The average molecular weight is 157 g/mol. The number of hydrogen-bond acceptors (Lipinski definition) is 5. The van der Waals surface area contributed by atoms with Crippen molar-refractivity contribution in [3.05, 3.63) is 10.1 Å². The Bertz CT molecular complexity index is 285. The van der Waals surface area contributed by atoms with E-state index in [0.717, 1.165) is 0 Å². The van der Waals surface area contributed by atoms with Gasteiger partial charge in [-0.1, -0.05) is 0 Å². The smallest absolute Gasteiger partial charge is 0.387 e. The molecular weight excluding hydrogens is 154 g/mol. The molecule has 11 heavy (non-hydrogen) atoms. The van der Waals surface area contributed by atoms with Crippen LogP contribution < -0.4 is 0 Å². The molecule has 0 spiro atoms. The van der Waals surface area contributed by atoms with Crippen molar-refractivity contribution in [2.75, 3.05) is 0 Å². The van der Waals surface area contributed by atoms with Crippen LogP contribution in [0.1, 0.15) is 6.42 Å². The van der Waals surface area contributed by atoms with Crippen LogP contribution in [-0.2, 0) is 14.3 Å². The number of cyclic esters (lactones) is 2. The standard InChI is InChI=1S/C5H3NO5/c7-3-2-1-5(2,6(9)10)4(8)11-3/h2H,1H2. The van der Waals surface area contributed by atoms with Crippen molar-refractivity contribution in [2.45, 2.75) is 12.0 Å². The Morgan fingerprint density at radius 2 is 2.27 bits per heavy atom. The third-order valence-corrected chi connectivity index (χ3v) is 2.09. The molecule has 1 saturated carbocycles. The predicted molar refractivity (Wildman–Crippen MR) is 28.9 cm³/mol. The fraction of sp³-hybridized carbons (Fsp3) is 0.600. The zero-order valence-electron chi connectivity index (χ0n) is 5.27. The van der Waals surface area contributed by atoms with Crippen molar-refractivity contribution in [2.24, 2.45) is 5.92 Å². The number of ether oxygens (including phenoxy) is 1. The van der Waals surface area contributed by atoms with Gasteiger partial charge in [0.2, 0.25) is 0 Å². The molecule has 1 aliphatic carbocycles. The molecule has 2 rings (SSSR count). The van der Waals surface area contributed by atoms with Gasteiger partial charge in [0.1, 0.15) is 5.92 Å². The van der Waals surface area contributed by atoms with E-state index in [9.17, 15) is 19.7 Å². The molecule has 0 aromatic heterocycles. The molecule has 0 amide bonds. The first-order chi connectivity index (χ1) is 5.09. The summed E-state index contributed by atoms with van der Waals surface area (Å²) >= 11 is 0.